The fraction of sp³-hybridized carbons (Fsp3) is 0.476. The average Bonchev–Trinajstić information content (AvgIpc) is 2.67. The van der Waals surface area contributed by atoms with Crippen LogP contribution in [0.5, 0.6) is 5.75 Å². The Morgan fingerprint density at radius 2 is 1.93 bits per heavy atom. The number of hydrogen-bond acceptors (Lipinski definition) is 5. The summed E-state index contributed by atoms with van der Waals surface area (Å²) in [6.45, 7) is 8.13. The Morgan fingerprint density at radius 1 is 1.22 bits per heavy atom. The van der Waals surface area contributed by atoms with E-state index in [4.69, 9.17) is 4.74 Å². The third kappa shape index (κ3) is 5.42. The number of carbonyl (C=O) groups is 1. The summed E-state index contributed by atoms with van der Waals surface area (Å²) in [5.74, 6) is 1.79. The van der Waals surface area contributed by atoms with Gasteiger partial charge in [-0.25, -0.2) is 9.97 Å². The number of ether oxygens (including phenoxy) is 1. The molecule has 1 aromatic carbocycles. The molecule has 1 aliphatic rings. The molecule has 0 atom stereocenters. The van der Waals surface area contributed by atoms with E-state index < -0.39 is 0 Å². The van der Waals surface area contributed by atoms with Gasteiger partial charge in [0.05, 0.1) is 6.10 Å². The van der Waals surface area contributed by atoms with Crippen LogP contribution in [0.2, 0.25) is 0 Å². The number of anilines is 1. The Balaban J connectivity index is 1.45. The first-order chi connectivity index (χ1) is 13.0. The van der Waals surface area contributed by atoms with Gasteiger partial charge in [-0.15, -0.1) is 0 Å². The van der Waals surface area contributed by atoms with Crippen LogP contribution >= 0.6 is 0 Å². The molecule has 6 nitrogen and oxygen atoms in total. The average molecular weight is 368 g/mol. The maximum atomic E-state index is 12.5. The van der Waals surface area contributed by atoms with Crippen LogP contribution < -0.4 is 15.0 Å². The van der Waals surface area contributed by atoms with Crippen molar-refractivity contribution in [3.63, 3.8) is 0 Å². The SMILES string of the molecule is Cc1ccnc(N2CCC(C(=O)NCc3ccc(OC(C)C)cc3)CC2)n1. The number of nitrogens with one attached hydrogen (secondary N) is 1. The lowest BCUT2D eigenvalue weighted by Crippen LogP contribution is -2.41. The van der Waals surface area contributed by atoms with Crippen molar-refractivity contribution in [3.8, 4) is 5.75 Å². The monoisotopic (exact) mass is 368 g/mol. The van der Waals surface area contributed by atoms with Gasteiger partial charge in [0.1, 0.15) is 5.75 Å². The Labute approximate surface area is 161 Å². The predicted octanol–water partition coefficient (Wildman–Crippen LogP) is 3.11. The van der Waals surface area contributed by atoms with E-state index in [2.05, 4.69) is 20.2 Å². The first-order valence-electron chi connectivity index (χ1n) is 9.59. The maximum Gasteiger partial charge on any atom is 0.225 e. The number of benzene rings is 1. The van der Waals surface area contributed by atoms with Crippen LogP contribution in [-0.2, 0) is 11.3 Å². The second-order valence-corrected chi connectivity index (χ2v) is 7.29. The predicted molar refractivity (Wildman–Crippen MR) is 106 cm³/mol. The molecule has 0 radical (unpaired) electrons. The van der Waals surface area contributed by atoms with Gasteiger partial charge in [-0.2, -0.15) is 0 Å². The van der Waals surface area contributed by atoms with Crippen LogP contribution in [0.4, 0.5) is 5.95 Å². The molecule has 1 N–H and O–H groups in total. The molecular formula is C21H28N4O2. The molecule has 1 aromatic heterocycles. The number of aromatic nitrogens is 2. The first-order valence-corrected chi connectivity index (χ1v) is 9.59. The summed E-state index contributed by atoms with van der Waals surface area (Å²) in [4.78, 5) is 23.5. The van der Waals surface area contributed by atoms with Crippen LogP contribution in [0.1, 0.15) is 37.9 Å². The third-order valence-corrected chi connectivity index (χ3v) is 4.69. The summed E-state index contributed by atoms with van der Waals surface area (Å²) in [5.41, 5.74) is 2.04. The minimum Gasteiger partial charge on any atom is -0.491 e. The zero-order valence-electron chi connectivity index (χ0n) is 16.3. The summed E-state index contributed by atoms with van der Waals surface area (Å²) in [7, 11) is 0. The fourth-order valence-corrected chi connectivity index (χ4v) is 3.22. The van der Waals surface area contributed by atoms with Gasteiger partial charge >= 0.3 is 0 Å². The van der Waals surface area contributed by atoms with Crippen LogP contribution in [0.15, 0.2) is 36.5 Å². The highest BCUT2D eigenvalue weighted by molar-refractivity contribution is 5.78. The molecule has 3 rings (SSSR count). The highest BCUT2D eigenvalue weighted by Gasteiger charge is 2.25. The van der Waals surface area contributed by atoms with Gasteiger partial charge in [-0.05, 0) is 57.4 Å². The lowest BCUT2D eigenvalue weighted by atomic mass is 9.96. The van der Waals surface area contributed by atoms with E-state index in [0.717, 1.165) is 48.9 Å². The van der Waals surface area contributed by atoms with Gasteiger partial charge in [0.25, 0.3) is 0 Å². The van der Waals surface area contributed by atoms with Crippen molar-refractivity contribution in [1.82, 2.24) is 15.3 Å². The topological polar surface area (TPSA) is 67.4 Å². The highest BCUT2D eigenvalue weighted by Crippen LogP contribution is 2.21. The molecule has 0 aliphatic carbocycles. The van der Waals surface area contributed by atoms with Crippen molar-refractivity contribution in [1.29, 1.82) is 0 Å². The van der Waals surface area contributed by atoms with Crippen molar-refractivity contribution < 1.29 is 9.53 Å². The van der Waals surface area contributed by atoms with Gasteiger partial charge in [-0.1, -0.05) is 12.1 Å². The van der Waals surface area contributed by atoms with Gasteiger partial charge < -0.3 is 15.0 Å². The van der Waals surface area contributed by atoms with Crippen LogP contribution in [0.3, 0.4) is 0 Å². The summed E-state index contributed by atoms with van der Waals surface area (Å²) in [6, 6.07) is 9.78. The minimum absolute atomic E-state index is 0.0506. The lowest BCUT2D eigenvalue weighted by Gasteiger charge is -2.31. The smallest absolute Gasteiger partial charge is 0.225 e. The molecule has 2 heterocycles. The summed E-state index contributed by atoms with van der Waals surface area (Å²) in [5, 5.41) is 3.06. The number of aryl methyl sites for hydroxylation is 1. The van der Waals surface area contributed by atoms with Crippen LogP contribution in [0, 0.1) is 12.8 Å². The van der Waals surface area contributed by atoms with Crippen LogP contribution in [-0.4, -0.2) is 35.1 Å². The molecule has 0 unspecified atom stereocenters. The second kappa shape index (κ2) is 8.84. The first kappa shape index (κ1) is 19.1. The molecule has 6 heteroatoms. The lowest BCUT2D eigenvalue weighted by molar-refractivity contribution is -0.125. The second-order valence-electron chi connectivity index (χ2n) is 7.29. The van der Waals surface area contributed by atoms with E-state index in [1.54, 1.807) is 6.20 Å². The number of piperidine rings is 1. The molecular weight excluding hydrogens is 340 g/mol. The van der Waals surface area contributed by atoms with Crippen molar-refractivity contribution >= 4 is 11.9 Å². The highest BCUT2D eigenvalue weighted by atomic mass is 16.5. The van der Waals surface area contributed by atoms with E-state index in [9.17, 15) is 4.79 Å². The minimum atomic E-state index is 0.0506. The van der Waals surface area contributed by atoms with E-state index in [1.165, 1.54) is 0 Å². The largest absolute Gasteiger partial charge is 0.491 e. The normalized spacial score (nSPS) is 15.0. The van der Waals surface area contributed by atoms with Crippen molar-refractivity contribution in [2.24, 2.45) is 5.92 Å². The van der Waals surface area contributed by atoms with E-state index in [0.29, 0.717) is 6.54 Å². The van der Waals surface area contributed by atoms with Crippen molar-refractivity contribution in [2.45, 2.75) is 46.3 Å². The summed E-state index contributed by atoms with van der Waals surface area (Å²) in [6.07, 6.45) is 3.59. The maximum absolute atomic E-state index is 12.5. The zero-order valence-corrected chi connectivity index (χ0v) is 16.3. The van der Waals surface area contributed by atoms with Crippen LogP contribution in [0.25, 0.3) is 0 Å². The third-order valence-electron chi connectivity index (χ3n) is 4.69. The Bertz CT molecular complexity index is 753. The molecule has 0 spiro atoms. The van der Waals surface area contributed by atoms with Gasteiger partial charge in [-0.3, -0.25) is 4.79 Å². The van der Waals surface area contributed by atoms with E-state index in [1.807, 2.05) is 51.1 Å². The number of nitrogens with zero attached hydrogens (tertiary/aromatic N) is 3. The van der Waals surface area contributed by atoms with E-state index >= 15 is 0 Å². The summed E-state index contributed by atoms with van der Waals surface area (Å²) < 4.78 is 5.64. The molecule has 1 fully saturated rings. The molecule has 1 saturated heterocycles. The molecule has 0 bridgehead atoms. The number of carbonyl (C=O) groups excluding carboxylic acids is 1. The number of rotatable bonds is 6. The quantitative estimate of drug-likeness (QED) is 0.849. The Hall–Kier alpha value is -2.63. The zero-order chi connectivity index (χ0) is 19.2. The summed E-state index contributed by atoms with van der Waals surface area (Å²) >= 11 is 0. The Kier molecular flexibility index (Phi) is 6.27. The molecule has 1 amide bonds. The molecule has 0 saturated carbocycles. The molecule has 27 heavy (non-hydrogen) atoms. The Morgan fingerprint density at radius 3 is 2.56 bits per heavy atom. The fourth-order valence-electron chi connectivity index (χ4n) is 3.22. The molecule has 144 valence electrons. The van der Waals surface area contributed by atoms with Gasteiger partial charge in [0.15, 0.2) is 0 Å². The van der Waals surface area contributed by atoms with Crippen molar-refractivity contribution in [2.75, 3.05) is 18.0 Å². The molecule has 1 aliphatic heterocycles. The molecule has 2 aromatic rings. The van der Waals surface area contributed by atoms with Gasteiger partial charge in [0, 0.05) is 37.4 Å². The standard InChI is InChI=1S/C21H28N4O2/c1-15(2)27-19-6-4-17(5-7-19)14-23-20(26)18-9-12-25(13-10-18)21-22-11-8-16(3)24-21/h4-8,11,15,18H,9-10,12-14H2,1-3H3,(H,23,26). The number of hydrogen-bond donors (Lipinski definition) is 1. The number of amides is 1. The van der Waals surface area contributed by atoms with Crippen molar-refractivity contribution in [3.05, 3.63) is 47.8 Å². The van der Waals surface area contributed by atoms with E-state index in [-0.39, 0.29) is 17.9 Å². The van der Waals surface area contributed by atoms with Gasteiger partial charge in [0.2, 0.25) is 11.9 Å².